The maximum atomic E-state index is 11.7. The largest absolute Gasteiger partial charge is 0.378 e. The van der Waals surface area contributed by atoms with Gasteiger partial charge in [0.25, 0.3) is 0 Å². The van der Waals surface area contributed by atoms with Crippen molar-refractivity contribution in [3.05, 3.63) is 46.7 Å². The zero-order chi connectivity index (χ0) is 13.9. The maximum absolute atomic E-state index is 11.7. The Hall–Kier alpha value is -1.37. The van der Waals surface area contributed by atoms with Crippen molar-refractivity contribution in [2.45, 2.75) is 17.9 Å². The van der Waals surface area contributed by atoms with Crippen molar-refractivity contribution in [2.75, 3.05) is 12.4 Å². The molecule has 0 aliphatic heterocycles. The van der Waals surface area contributed by atoms with Gasteiger partial charge in [-0.05, 0) is 43.6 Å². The molecule has 1 atom stereocenters. The summed E-state index contributed by atoms with van der Waals surface area (Å²) >= 11 is 1.67. The van der Waals surface area contributed by atoms with Crippen LogP contribution in [0.5, 0.6) is 0 Å². The summed E-state index contributed by atoms with van der Waals surface area (Å²) in [5.41, 5.74) is 0.789. The number of hydrogen-bond donors (Lipinski definition) is 2. The highest BCUT2D eigenvalue weighted by Crippen LogP contribution is 2.24. The predicted molar refractivity (Wildman–Crippen MR) is 79.0 cm³/mol. The fourth-order valence-corrected chi connectivity index (χ4v) is 3.24. The second-order valence-electron chi connectivity index (χ2n) is 4.12. The summed E-state index contributed by atoms with van der Waals surface area (Å²) < 4.78 is 25.8. The van der Waals surface area contributed by atoms with Crippen molar-refractivity contribution in [3.8, 4) is 0 Å². The normalized spacial score (nSPS) is 13.2. The van der Waals surface area contributed by atoms with Crippen LogP contribution in [0, 0.1) is 0 Å². The van der Waals surface area contributed by atoms with Gasteiger partial charge in [0.15, 0.2) is 0 Å². The summed E-state index contributed by atoms with van der Waals surface area (Å²) in [6.45, 7) is 2.05. The summed E-state index contributed by atoms with van der Waals surface area (Å²) in [7, 11) is -1.99. The maximum Gasteiger partial charge on any atom is 0.240 e. The average molecular weight is 296 g/mol. The summed E-state index contributed by atoms with van der Waals surface area (Å²) in [6, 6.07) is 11.0. The van der Waals surface area contributed by atoms with Crippen LogP contribution in [0.4, 0.5) is 5.69 Å². The Morgan fingerprint density at radius 1 is 1.21 bits per heavy atom. The molecule has 0 spiro atoms. The Labute approximate surface area is 117 Å². The van der Waals surface area contributed by atoms with Gasteiger partial charge in [-0.1, -0.05) is 12.1 Å². The lowest BCUT2D eigenvalue weighted by molar-refractivity contribution is 0.588. The lowest BCUT2D eigenvalue weighted by atomic mass is 10.2. The molecule has 19 heavy (non-hydrogen) atoms. The molecule has 0 saturated heterocycles. The lowest BCUT2D eigenvalue weighted by Gasteiger charge is -2.14. The molecular weight excluding hydrogens is 280 g/mol. The van der Waals surface area contributed by atoms with Crippen molar-refractivity contribution >= 4 is 27.0 Å². The minimum atomic E-state index is -3.40. The Morgan fingerprint density at radius 3 is 2.63 bits per heavy atom. The van der Waals surface area contributed by atoms with E-state index >= 15 is 0 Å². The molecule has 1 unspecified atom stereocenters. The first-order chi connectivity index (χ1) is 9.03. The van der Waals surface area contributed by atoms with Gasteiger partial charge >= 0.3 is 0 Å². The van der Waals surface area contributed by atoms with Gasteiger partial charge in [0, 0.05) is 10.6 Å². The van der Waals surface area contributed by atoms with Crippen LogP contribution in [0.25, 0.3) is 0 Å². The van der Waals surface area contributed by atoms with E-state index in [1.54, 1.807) is 29.5 Å². The highest BCUT2D eigenvalue weighted by molar-refractivity contribution is 7.89. The zero-order valence-electron chi connectivity index (χ0n) is 10.8. The van der Waals surface area contributed by atoms with E-state index in [-0.39, 0.29) is 10.9 Å². The van der Waals surface area contributed by atoms with Crippen LogP contribution in [0.1, 0.15) is 17.8 Å². The van der Waals surface area contributed by atoms with E-state index in [2.05, 4.69) is 16.1 Å². The minimum absolute atomic E-state index is 0.146. The highest BCUT2D eigenvalue weighted by Gasteiger charge is 2.12. The molecule has 0 aliphatic carbocycles. The molecule has 2 rings (SSSR count). The summed E-state index contributed by atoms with van der Waals surface area (Å²) in [4.78, 5) is 1.47. The topological polar surface area (TPSA) is 58.2 Å². The van der Waals surface area contributed by atoms with Crippen LogP contribution in [-0.4, -0.2) is 15.5 Å². The Bertz CT molecular complexity index is 636. The van der Waals surface area contributed by atoms with E-state index in [9.17, 15) is 8.42 Å². The molecule has 102 valence electrons. The van der Waals surface area contributed by atoms with Gasteiger partial charge in [-0.15, -0.1) is 11.3 Å². The lowest BCUT2D eigenvalue weighted by Crippen LogP contribution is -2.18. The van der Waals surface area contributed by atoms with Gasteiger partial charge in [-0.25, -0.2) is 13.1 Å². The zero-order valence-corrected chi connectivity index (χ0v) is 12.4. The number of rotatable bonds is 5. The number of hydrogen-bond acceptors (Lipinski definition) is 4. The van der Waals surface area contributed by atoms with Crippen LogP contribution in [0.2, 0.25) is 0 Å². The Balaban J connectivity index is 2.20. The first-order valence-corrected chi connectivity index (χ1v) is 8.23. The molecule has 0 fully saturated rings. The smallest absolute Gasteiger partial charge is 0.240 e. The van der Waals surface area contributed by atoms with Crippen molar-refractivity contribution in [3.63, 3.8) is 0 Å². The van der Waals surface area contributed by atoms with Crippen LogP contribution >= 0.6 is 11.3 Å². The molecule has 1 heterocycles. The van der Waals surface area contributed by atoms with Crippen molar-refractivity contribution in [2.24, 2.45) is 0 Å². The molecule has 4 nitrogen and oxygen atoms in total. The fourth-order valence-electron chi connectivity index (χ4n) is 1.73. The van der Waals surface area contributed by atoms with Crippen molar-refractivity contribution in [1.82, 2.24) is 4.72 Å². The molecule has 0 radical (unpaired) electrons. The Kier molecular flexibility index (Phi) is 4.24. The van der Waals surface area contributed by atoms with Crippen LogP contribution in [0.3, 0.4) is 0 Å². The standard InChI is InChI=1S/C13H16N2O2S2/c1-10(13-7-4-8-18-13)15-11-5-3-6-12(9-11)19(16,17)14-2/h3-10,14-15H,1-2H3. The van der Waals surface area contributed by atoms with E-state index in [1.807, 2.05) is 24.4 Å². The second kappa shape index (κ2) is 5.73. The first-order valence-electron chi connectivity index (χ1n) is 5.86. The fraction of sp³-hybridized carbons (Fsp3) is 0.231. The molecule has 2 N–H and O–H groups in total. The number of benzene rings is 1. The monoisotopic (exact) mass is 296 g/mol. The first kappa shape index (κ1) is 14.0. The second-order valence-corrected chi connectivity index (χ2v) is 6.98. The third-order valence-electron chi connectivity index (χ3n) is 2.77. The number of anilines is 1. The van der Waals surface area contributed by atoms with Gasteiger partial charge in [-0.2, -0.15) is 0 Å². The molecule has 0 amide bonds. The SMILES string of the molecule is CNS(=O)(=O)c1cccc(NC(C)c2cccs2)c1. The average Bonchev–Trinajstić information content (AvgIpc) is 2.93. The van der Waals surface area contributed by atoms with Crippen LogP contribution < -0.4 is 10.0 Å². The van der Waals surface area contributed by atoms with Crippen LogP contribution in [-0.2, 0) is 10.0 Å². The van der Waals surface area contributed by atoms with Crippen molar-refractivity contribution < 1.29 is 8.42 Å². The molecule has 1 aromatic heterocycles. The summed E-state index contributed by atoms with van der Waals surface area (Å²) in [5, 5.41) is 5.32. The van der Waals surface area contributed by atoms with Gasteiger partial charge in [0.1, 0.15) is 0 Å². The molecule has 1 aromatic carbocycles. The van der Waals surface area contributed by atoms with Gasteiger partial charge in [0.05, 0.1) is 10.9 Å². The third-order valence-corrected chi connectivity index (χ3v) is 5.23. The third kappa shape index (κ3) is 3.34. The van der Waals surface area contributed by atoms with E-state index in [0.29, 0.717) is 0 Å². The molecule has 0 aliphatic rings. The van der Waals surface area contributed by atoms with E-state index in [1.165, 1.54) is 11.9 Å². The van der Waals surface area contributed by atoms with E-state index in [0.717, 1.165) is 5.69 Å². The van der Waals surface area contributed by atoms with E-state index < -0.39 is 10.0 Å². The molecule has 0 saturated carbocycles. The van der Waals surface area contributed by atoms with Crippen molar-refractivity contribution in [1.29, 1.82) is 0 Å². The predicted octanol–water partition coefficient (Wildman–Crippen LogP) is 2.83. The molecule has 6 heteroatoms. The minimum Gasteiger partial charge on any atom is -0.378 e. The highest BCUT2D eigenvalue weighted by atomic mass is 32.2. The number of sulfonamides is 1. The van der Waals surface area contributed by atoms with Gasteiger partial charge < -0.3 is 5.32 Å². The van der Waals surface area contributed by atoms with Gasteiger partial charge in [-0.3, -0.25) is 0 Å². The summed E-state index contributed by atoms with van der Waals surface area (Å²) in [6.07, 6.45) is 0. The van der Waals surface area contributed by atoms with E-state index in [4.69, 9.17) is 0 Å². The number of nitrogens with one attached hydrogen (secondary N) is 2. The quantitative estimate of drug-likeness (QED) is 0.892. The molecular formula is C13H16N2O2S2. The van der Waals surface area contributed by atoms with Crippen LogP contribution in [0.15, 0.2) is 46.7 Å². The Morgan fingerprint density at radius 2 is 2.00 bits per heavy atom. The van der Waals surface area contributed by atoms with Gasteiger partial charge in [0.2, 0.25) is 10.0 Å². The number of thiophene rings is 1. The molecule has 2 aromatic rings. The molecule has 0 bridgehead atoms. The summed E-state index contributed by atoms with van der Waals surface area (Å²) in [5.74, 6) is 0.